The van der Waals surface area contributed by atoms with Crippen molar-refractivity contribution in [3.8, 4) is 0 Å². The Kier molecular flexibility index (Phi) is 4.68. The maximum absolute atomic E-state index is 10.9. The van der Waals surface area contributed by atoms with Gasteiger partial charge in [0.05, 0.1) is 14.1 Å². The molecule has 0 fully saturated rings. The van der Waals surface area contributed by atoms with Gasteiger partial charge in [0.15, 0.2) is 6.04 Å². The average Bonchev–Trinajstić information content (AvgIpc) is 2.15. The van der Waals surface area contributed by atoms with Crippen LogP contribution in [0.15, 0.2) is 11.6 Å². The number of rotatable bonds is 5. The van der Waals surface area contributed by atoms with Gasteiger partial charge in [0.2, 0.25) is 0 Å². The van der Waals surface area contributed by atoms with Gasteiger partial charge in [-0.1, -0.05) is 0 Å². The zero-order chi connectivity index (χ0) is 13.1. The first-order valence-corrected chi connectivity index (χ1v) is 5.08. The largest absolute Gasteiger partial charge is 0.478 e. The Balaban J connectivity index is 4.97. The molecule has 0 saturated carbocycles. The Morgan fingerprint density at radius 1 is 1.19 bits per heavy atom. The summed E-state index contributed by atoms with van der Waals surface area (Å²) in [7, 11) is 3.55. The Bertz CT molecular complexity index is 320. The minimum Gasteiger partial charge on any atom is -0.478 e. The maximum atomic E-state index is 10.9. The zero-order valence-corrected chi connectivity index (χ0v) is 10.4. The Hall–Kier alpha value is -1.36. The molecule has 92 valence electrons. The van der Waals surface area contributed by atoms with Gasteiger partial charge >= 0.3 is 11.9 Å². The molecule has 2 atom stereocenters. The summed E-state index contributed by atoms with van der Waals surface area (Å²) < 4.78 is 0.208. The highest BCUT2D eigenvalue weighted by molar-refractivity contribution is 5.85. The van der Waals surface area contributed by atoms with E-state index in [1.165, 1.54) is 6.92 Å². The van der Waals surface area contributed by atoms with Gasteiger partial charge in [0.25, 0.3) is 0 Å². The third kappa shape index (κ3) is 3.34. The van der Waals surface area contributed by atoms with Crippen molar-refractivity contribution in [1.82, 2.24) is 0 Å². The van der Waals surface area contributed by atoms with Crippen LogP contribution in [0.2, 0.25) is 0 Å². The molecule has 2 N–H and O–H groups in total. The van der Waals surface area contributed by atoms with Crippen LogP contribution < -0.4 is 0 Å². The molecule has 0 radical (unpaired) electrons. The molecule has 0 aliphatic rings. The van der Waals surface area contributed by atoms with Crippen LogP contribution in [0.25, 0.3) is 0 Å². The van der Waals surface area contributed by atoms with Crippen molar-refractivity contribution in [2.45, 2.75) is 32.9 Å². The number of likely N-dealkylation sites (N-methyl/N-ethyl adjacent to an activating group) is 1. The maximum Gasteiger partial charge on any atom is 0.362 e. The van der Waals surface area contributed by atoms with E-state index in [2.05, 4.69) is 0 Å². The molecular weight excluding hydrogens is 210 g/mol. The summed E-state index contributed by atoms with van der Waals surface area (Å²) in [6.07, 6.45) is 1.59. The van der Waals surface area contributed by atoms with E-state index in [9.17, 15) is 9.59 Å². The summed E-state index contributed by atoms with van der Waals surface area (Å²) >= 11 is 0. The molecule has 5 nitrogen and oxygen atoms in total. The van der Waals surface area contributed by atoms with Crippen LogP contribution in [0, 0.1) is 0 Å². The molecule has 0 spiro atoms. The van der Waals surface area contributed by atoms with Gasteiger partial charge in [-0.15, -0.1) is 0 Å². The minimum atomic E-state index is -0.977. The fourth-order valence-corrected chi connectivity index (χ4v) is 1.26. The van der Waals surface area contributed by atoms with Crippen LogP contribution in [-0.2, 0) is 9.59 Å². The standard InChI is InChI=1S/C11H19NO4/c1-7(10(13)14)6-8(2)12(4,5)9(3)11(15)16/h6,8-9H,1-5H3,(H-,13,14,15,16)/p+1/b7-6+. The summed E-state index contributed by atoms with van der Waals surface area (Å²) in [6, 6.07) is -0.768. The molecule has 0 rings (SSSR count). The number of carboxylic acid groups (broad SMARTS) is 2. The lowest BCUT2D eigenvalue weighted by atomic mass is 10.1. The topological polar surface area (TPSA) is 74.6 Å². The molecule has 0 aliphatic heterocycles. The second-order valence-electron chi connectivity index (χ2n) is 4.54. The van der Waals surface area contributed by atoms with Crippen LogP contribution >= 0.6 is 0 Å². The predicted octanol–water partition coefficient (Wildman–Crippen LogP) is 0.955. The van der Waals surface area contributed by atoms with Gasteiger partial charge < -0.3 is 14.7 Å². The molecule has 0 saturated heterocycles. The summed E-state index contributed by atoms with van der Waals surface area (Å²) in [5.74, 6) is -1.87. The fraction of sp³-hybridized carbons (Fsp3) is 0.636. The lowest BCUT2D eigenvalue weighted by Gasteiger charge is -2.38. The van der Waals surface area contributed by atoms with Crippen LogP contribution in [0.3, 0.4) is 0 Å². The van der Waals surface area contributed by atoms with Gasteiger partial charge in [-0.05, 0) is 26.8 Å². The van der Waals surface area contributed by atoms with Gasteiger partial charge in [-0.25, -0.2) is 9.59 Å². The number of aliphatic carboxylic acids is 2. The molecule has 0 aromatic heterocycles. The quantitative estimate of drug-likeness (QED) is 0.545. The van der Waals surface area contributed by atoms with E-state index in [1.807, 2.05) is 6.92 Å². The highest BCUT2D eigenvalue weighted by atomic mass is 16.4. The molecule has 0 aromatic carbocycles. The lowest BCUT2D eigenvalue weighted by molar-refractivity contribution is -0.920. The van der Waals surface area contributed by atoms with E-state index in [1.54, 1.807) is 27.1 Å². The first-order valence-electron chi connectivity index (χ1n) is 5.08. The van der Waals surface area contributed by atoms with Crippen LogP contribution in [0.1, 0.15) is 20.8 Å². The Morgan fingerprint density at radius 2 is 1.62 bits per heavy atom. The number of hydrogen-bond donors (Lipinski definition) is 2. The second kappa shape index (κ2) is 5.12. The van der Waals surface area contributed by atoms with Gasteiger partial charge in [-0.2, -0.15) is 0 Å². The Labute approximate surface area is 95.6 Å². The number of hydrogen-bond acceptors (Lipinski definition) is 2. The Morgan fingerprint density at radius 3 is 1.94 bits per heavy atom. The third-order valence-electron chi connectivity index (χ3n) is 3.23. The summed E-state index contributed by atoms with van der Waals surface area (Å²) in [5, 5.41) is 17.7. The molecule has 0 heterocycles. The van der Waals surface area contributed by atoms with Crippen molar-refractivity contribution in [1.29, 1.82) is 0 Å². The molecule has 16 heavy (non-hydrogen) atoms. The number of quaternary nitrogens is 1. The SMILES string of the molecule is C/C(=C\C(C)[N+](C)(C)C(C)C(=O)O)C(=O)O. The molecule has 0 aromatic rings. The fourth-order valence-electron chi connectivity index (χ4n) is 1.26. The molecule has 0 amide bonds. The van der Waals surface area contributed by atoms with E-state index in [4.69, 9.17) is 10.2 Å². The van der Waals surface area contributed by atoms with Crippen LogP contribution in [-0.4, -0.2) is 52.8 Å². The summed E-state index contributed by atoms with van der Waals surface area (Å²) in [6.45, 7) is 4.93. The smallest absolute Gasteiger partial charge is 0.362 e. The lowest BCUT2D eigenvalue weighted by Crippen LogP contribution is -2.56. The van der Waals surface area contributed by atoms with Crippen molar-refractivity contribution in [3.63, 3.8) is 0 Å². The van der Waals surface area contributed by atoms with Gasteiger partial charge in [-0.3, -0.25) is 0 Å². The highest BCUT2D eigenvalue weighted by Crippen LogP contribution is 2.15. The third-order valence-corrected chi connectivity index (χ3v) is 3.23. The van der Waals surface area contributed by atoms with Crippen molar-refractivity contribution in [3.05, 3.63) is 11.6 Å². The number of nitrogens with zero attached hydrogens (tertiary/aromatic N) is 1. The van der Waals surface area contributed by atoms with Crippen molar-refractivity contribution in [2.24, 2.45) is 0 Å². The first-order chi connectivity index (χ1) is 7.10. The van der Waals surface area contributed by atoms with Crippen molar-refractivity contribution in [2.75, 3.05) is 14.1 Å². The summed E-state index contributed by atoms with van der Waals surface area (Å²) in [4.78, 5) is 21.6. The van der Waals surface area contributed by atoms with Crippen molar-refractivity contribution >= 4 is 11.9 Å². The van der Waals surface area contributed by atoms with E-state index < -0.39 is 18.0 Å². The zero-order valence-electron chi connectivity index (χ0n) is 10.4. The predicted molar refractivity (Wildman–Crippen MR) is 60.1 cm³/mol. The molecular formula is C11H20NO4+. The summed E-state index contributed by atoms with van der Waals surface area (Å²) in [5.41, 5.74) is 0.233. The number of carboxylic acids is 2. The van der Waals surface area contributed by atoms with Gasteiger partial charge in [0, 0.05) is 5.57 Å². The van der Waals surface area contributed by atoms with Crippen LogP contribution in [0.5, 0.6) is 0 Å². The number of carbonyl (C=O) groups is 2. The van der Waals surface area contributed by atoms with E-state index in [0.717, 1.165) is 0 Å². The molecule has 0 aliphatic carbocycles. The van der Waals surface area contributed by atoms with E-state index in [-0.39, 0.29) is 16.1 Å². The molecule has 2 unspecified atom stereocenters. The molecule has 0 bridgehead atoms. The normalized spacial score (nSPS) is 16.7. The second-order valence-corrected chi connectivity index (χ2v) is 4.54. The average molecular weight is 230 g/mol. The monoisotopic (exact) mass is 230 g/mol. The van der Waals surface area contributed by atoms with Crippen LogP contribution in [0.4, 0.5) is 0 Å². The highest BCUT2D eigenvalue weighted by Gasteiger charge is 2.34. The van der Waals surface area contributed by atoms with E-state index in [0.29, 0.717) is 0 Å². The van der Waals surface area contributed by atoms with Gasteiger partial charge in [0.1, 0.15) is 6.04 Å². The van der Waals surface area contributed by atoms with E-state index >= 15 is 0 Å². The minimum absolute atomic E-state index is 0.179. The van der Waals surface area contributed by atoms with Crippen molar-refractivity contribution < 1.29 is 24.3 Å². The first kappa shape index (κ1) is 14.6. The molecule has 5 heteroatoms.